The van der Waals surface area contributed by atoms with Gasteiger partial charge in [-0.15, -0.1) is 0 Å². The first kappa shape index (κ1) is 54.1. The lowest BCUT2D eigenvalue weighted by Crippen LogP contribution is -2.61. The molecule has 79 heavy (non-hydrogen) atoms. The zero-order valence-corrected chi connectivity index (χ0v) is 51.2. The fraction of sp³-hybridized carbons (Fsp3) is 0.389. The number of anilines is 6. The van der Waals surface area contributed by atoms with Crippen molar-refractivity contribution < 1.29 is 8.83 Å². The molecule has 0 atom stereocenters. The summed E-state index contributed by atoms with van der Waals surface area (Å²) in [5.41, 5.74) is 23.6. The lowest BCUT2D eigenvalue weighted by Gasteiger charge is -2.45. The lowest BCUT2D eigenvalue weighted by molar-refractivity contribution is 0.568. The minimum atomic E-state index is -0.219. The van der Waals surface area contributed by atoms with Crippen LogP contribution in [0, 0.1) is 0 Å². The van der Waals surface area contributed by atoms with Gasteiger partial charge in [0.05, 0.1) is 0 Å². The van der Waals surface area contributed by atoms with Crippen LogP contribution in [0.25, 0.3) is 45.1 Å². The van der Waals surface area contributed by atoms with Crippen LogP contribution in [-0.4, -0.2) is 16.7 Å². The first-order chi connectivity index (χ1) is 36.5. The Morgan fingerprint density at radius 2 is 0.608 bits per heavy atom. The highest BCUT2D eigenvalue weighted by molar-refractivity contribution is 7.00. The molecule has 0 radical (unpaired) electrons. The Bertz CT molecular complexity index is 3570. The first-order valence-corrected chi connectivity index (χ1v) is 28.7. The molecule has 0 amide bonds. The van der Waals surface area contributed by atoms with Crippen molar-refractivity contribution in [1.82, 2.24) is 9.97 Å². The molecule has 0 saturated heterocycles. The van der Waals surface area contributed by atoms with E-state index >= 15 is 0 Å². The zero-order chi connectivity index (χ0) is 57.1. The Balaban J connectivity index is 1.27. The van der Waals surface area contributed by atoms with E-state index in [4.69, 9.17) is 18.8 Å². The molecule has 0 bridgehead atoms. The van der Waals surface area contributed by atoms with Crippen LogP contribution in [0.3, 0.4) is 0 Å². The summed E-state index contributed by atoms with van der Waals surface area (Å²) in [6.07, 6.45) is 0. The molecule has 0 unspecified atom stereocenters. The molecule has 11 rings (SSSR count). The summed E-state index contributed by atoms with van der Waals surface area (Å²) in [5.74, 6) is 1.22. The molecule has 406 valence electrons. The highest BCUT2D eigenvalue weighted by Gasteiger charge is 2.46. The summed E-state index contributed by atoms with van der Waals surface area (Å²) in [7, 11) is 0. The van der Waals surface area contributed by atoms with Gasteiger partial charge in [0, 0.05) is 57.4 Å². The predicted octanol–water partition coefficient (Wildman–Crippen LogP) is 18.5. The van der Waals surface area contributed by atoms with Crippen LogP contribution in [0.4, 0.5) is 34.1 Å². The van der Waals surface area contributed by atoms with Gasteiger partial charge in [-0.25, -0.2) is 9.97 Å². The standard InChI is InChI=1S/C72H83BN4O2/c1-66(2,3)44-26-22-42(23-27-44)64-74-55-38-53-57(40-61(55)78-64)76(51-32-46(68(7,8)9)30-47(33-51)69(10,11)12)59-36-50(72(19,20)21)37-60-63(59)73(53)54-39-56-62(79-65(75-56)43-24-28-45(29-25-43)67(4,5)6)41-58(54)77(60)52-34-48(70(13,14)15)31-49(35-52)71(16,17)18/h22-41H,1-21H3. The second-order valence-corrected chi connectivity index (χ2v) is 30.3. The largest absolute Gasteiger partial charge is 0.436 e. The van der Waals surface area contributed by atoms with Crippen molar-refractivity contribution in [2.24, 2.45) is 0 Å². The number of aromatic nitrogens is 2. The van der Waals surface area contributed by atoms with Crippen molar-refractivity contribution in [2.45, 2.75) is 183 Å². The summed E-state index contributed by atoms with van der Waals surface area (Å²) in [6, 6.07) is 46.3. The summed E-state index contributed by atoms with van der Waals surface area (Å²) in [5, 5.41) is 0. The fourth-order valence-corrected chi connectivity index (χ4v) is 11.5. The van der Waals surface area contributed by atoms with Crippen LogP contribution in [-0.2, 0) is 37.9 Å². The maximum absolute atomic E-state index is 6.94. The molecular weight excluding hydrogens is 964 g/mol. The molecular formula is C72H83BN4O2. The molecule has 0 spiro atoms. The second kappa shape index (κ2) is 17.8. The Morgan fingerprint density at radius 3 is 0.899 bits per heavy atom. The molecule has 2 aliphatic heterocycles. The predicted molar refractivity (Wildman–Crippen MR) is 337 cm³/mol. The van der Waals surface area contributed by atoms with E-state index in [2.05, 4.69) is 277 Å². The molecule has 7 aromatic carbocycles. The minimum absolute atomic E-state index is 0.0210. The van der Waals surface area contributed by atoms with E-state index < -0.39 is 0 Å². The van der Waals surface area contributed by atoms with E-state index in [9.17, 15) is 0 Å². The molecule has 0 aliphatic carbocycles. The number of rotatable bonds is 4. The average Bonchev–Trinajstić information content (AvgIpc) is 4.15. The van der Waals surface area contributed by atoms with Gasteiger partial charge >= 0.3 is 0 Å². The molecule has 2 aromatic heterocycles. The quantitative estimate of drug-likeness (QED) is 0.164. The Hall–Kier alpha value is -6.86. The van der Waals surface area contributed by atoms with Crippen molar-refractivity contribution in [1.29, 1.82) is 0 Å². The van der Waals surface area contributed by atoms with Crippen LogP contribution < -0.4 is 26.2 Å². The van der Waals surface area contributed by atoms with Gasteiger partial charge in [-0.3, -0.25) is 0 Å². The van der Waals surface area contributed by atoms with Gasteiger partial charge in [0.25, 0.3) is 6.71 Å². The monoisotopic (exact) mass is 1050 g/mol. The van der Waals surface area contributed by atoms with E-state index in [-0.39, 0.29) is 44.6 Å². The van der Waals surface area contributed by atoms with Crippen molar-refractivity contribution in [3.63, 3.8) is 0 Å². The number of nitrogens with zero attached hydrogens (tertiary/aromatic N) is 4. The Labute approximate surface area is 472 Å². The van der Waals surface area contributed by atoms with Gasteiger partial charge < -0.3 is 18.6 Å². The van der Waals surface area contributed by atoms with Crippen LogP contribution in [0.1, 0.15) is 184 Å². The molecule has 0 fully saturated rings. The molecule has 4 heterocycles. The second-order valence-electron chi connectivity index (χ2n) is 30.3. The highest BCUT2D eigenvalue weighted by atomic mass is 16.4. The third kappa shape index (κ3) is 9.71. The fourth-order valence-electron chi connectivity index (χ4n) is 11.5. The smallest absolute Gasteiger partial charge is 0.252 e. The first-order valence-electron chi connectivity index (χ1n) is 28.7. The van der Waals surface area contributed by atoms with Crippen LogP contribution in [0.5, 0.6) is 0 Å². The van der Waals surface area contributed by atoms with Gasteiger partial charge in [-0.05, 0) is 166 Å². The minimum Gasteiger partial charge on any atom is -0.436 e. The summed E-state index contributed by atoms with van der Waals surface area (Å²) < 4.78 is 13.9. The number of oxazole rings is 2. The van der Waals surface area contributed by atoms with Gasteiger partial charge in [0.15, 0.2) is 11.2 Å². The van der Waals surface area contributed by atoms with E-state index in [1.54, 1.807) is 0 Å². The summed E-state index contributed by atoms with van der Waals surface area (Å²) in [6.45, 7) is 48.3. The van der Waals surface area contributed by atoms with Crippen molar-refractivity contribution in [2.75, 3.05) is 9.80 Å². The van der Waals surface area contributed by atoms with Crippen LogP contribution in [0.15, 0.2) is 130 Å². The number of hydrogen-bond donors (Lipinski definition) is 0. The third-order valence-corrected chi connectivity index (χ3v) is 16.8. The molecule has 6 nitrogen and oxygen atoms in total. The summed E-state index contributed by atoms with van der Waals surface area (Å²) >= 11 is 0. The molecule has 7 heteroatoms. The lowest BCUT2D eigenvalue weighted by atomic mass is 9.33. The summed E-state index contributed by atoms with van der Waals surface area (Å²) in [4.78, 5) is 15.8. The van der Waals surface area contributed by atoms with Crippen LogP contribution >= 0.6 is 0 Å². The van der Waals surface area contributed by atoms with Gasteiger partial charge in [0.1, 0.15) is 11.0 Å². The van der Waals surface area contributed by atoms with Gasteiger partial charge in [-0.1, -0.05) is 182 Å². The normalized spacial score (nSPS) is 14.3. The number of fused-ring (bicyclic) bond motifs is 6. The molecule has 2 aliphatic rings. The zero-order valence-electron chi connectivity index (χ0n) is 51.2. The molecule has 0 N–H and O–H groups in total. The van der Waals surface area contributed by atoms with Crippen molar-refractivity contribution in [3.05, 3.63) is 160 Å². The highest BCUT2D eigenvalue weighted by Crippen LogP contribution is 2.50. The van der Waals surface area contributed by atoms with Crippen molar-refractivity contribution >= 4 is 79.4 Å². The molecule has 9 aromatic rings. The molecule has 0 saturated carbocycles. The van der Waals surface area contributed by atoms with E-state index in [0.29, 0.717) is 11.8 Å². The maximum atomic E-state index is 6.94. The van der Waals surface area contributed by atoms with E-state index in [1.807, 2.05) is 0 Å². The van der Waals surface area contributed by atoms with Gasteiger partial charge in [-0.2, -0.15) is 0 Å². The number of benzene rings is 7. The SMILES string of the molecule is CC(C)(C)c1ccc(-c2nc3cc4c(cc3o2)N(c2cc(C(C)(C)C)cc(C(C)(C)C)c2)c2cc(C(C)(C)C)cc3c2B4c2cc4nc(-c5ccc(C(C)(C)C)cc5)oc4cc2N3c2cc(C(C)(C)C)cc(C(C)(C)C)c2)cc1. The van der Waals surface area contributed by atoms with Gasteiger partial charge in [0.2, 0.25) is 11.8 Å². The van der Waals surface area contributed by atoms with E-state index in [0.717, 1.165) is 78.4 Å². The Kier molecular flexibility index (Phi) is 12.2. The number of hydrogen-bond acceptors (Lipinski definition) is 6. The average molecular weight is 1050 g/mol. The topological polar surface area (TPSA) is 58.5 Å². The van der Waals surface area contributed by atoms with Crippen molar-refractivity contribution in [3.8, 4) is 22.9 Å². The van der Waals surface area contributed by atoms with E-state index in [1.165, 1.54) is 44.4 Å². The van der Waals surface area contributed by atoms with Crippen LogP contribution in [0.2, 0.25) is 0 Å². The Morgan fingerprint density at radius 1 is 0.316 bits per heavy atom. The maximum Gasteiger partial charge on any atom is 0.252 e. The third-order valence-electron chi connectivity index (χ3n) is 16.8.